The van der Waals surface area contributed by atoms with Crippen LogP contribution in [0.25, 0.3) is 0 Å². The molecular weight excluding hydrogens is 528 g/mol. The van der Waals surface area contributed by atoms with Gasteiger partial charge in [-0.25, -0.2) is 9.13 Å². The third kappa shape index (κ3) is 18.0. The third-order valence-electron chi connectivity index (χ3n) is 7.86. The molecule has 0 spiro atoms. The minimum atomic E-state index is -0.811. The number of amides is 2. The lowest BCUT2D eigenvalue weighted by atomic mass is 10.1. The van der Waals surface area contributed by atoms with E-state index in [0.29, 0.717) is 25.8 Å². The average molecular weight is 592 g/mol. The molecule has 1 rings (SSSR count). The summed E-state index contributed by atoms with van der Waals surface area (Å²) in [5.41, 5.74) is 23.6. The summed E-state index contributed by atoms with van der Waals surface area (Å²) in [5, 5.41) is 2.73. The summed E-state index contributed by atoms with van der Waals surface area (Å²) in [6.45, 7) is 6.74. The van der Waals surface area contributed by atoms with Crippen molar-refractivity contribution in [3.05, 3.63) is 18.2 Å². The second kappa shape index (κ2) is 23.9. The van der Waals surface area contributed by atoms with E-state index in [4.69, 9.17) is 22.9 Å². The Hall–Kier alpha value is -2.62. The molecular formula is C32H63N8O2+. The number of nitrogens with one attached hydrogen (secondary N) is 1. The van der Waals surface area contributed by atoms with Gasteiger partial charge in [0.05, 0.1) is 19.1 Å². The summed E-state index contributed by atoms with van der Waals surface area (Å²) in [6.07, 6.45) is 26.0. The molecule has 0 unspecified atom stereocenters. The number of hydrogen-bond acceptors (Lipinski definition) is 4. The van der Waals surface area contributed by atoms with E-state index < -0.39 is 18.0 Å². The molecule has 1 aromatic rings. The predicted octanol–water partition coefficient (Wildman–Crippen LogP) is 3.95. The molecule has 0 saturated heterocycles. The Kier molecular flexibility index (Phi) is 21.3. The molecule has 0 aliphatic heterocycles. The van der Waals surface area contributed by atoms with Crippen LogP contribution in [0.2, 0.25) is 0 Å². The van der Waals surface area contributed by atoms with Crippen molar-refractivity contribution in [2.75, 3.05) is 6.54 Å². The predicted molar refractivity (Wildman–Crippen MR) is 173 cm³/mol. The highest BCUT2D eigenvalue weighted by atomic mass is 16.2. The van der Waals surface area contributed by atoms with Gasteiger partial charge < -0.3 is 28.3 Å². The van der Waals surface area contributed by atoms with Crippen LogP contribution in [-0.2, 0) is 29.1 Å². The maximum absolute atomic E-state index is 12.9. The number of carbonyl (C=O) groups excluding carboxylic acids is 2. The van der Waals surface area contributed by atoms with Gasteiger partial charge in [-0.2, -0.15) is 0 Å². The normalized spacial score (nSPS) is 12.6. The Morgan fingerprint density at radius 3 is 1.93 bits per heavy atom. The average Bonchev–Trinajstić information content (AvgIpc) is 3.33. The largest absolute Gasteiger partial charge is 0.370 e. The highest BCUT2D eigenvalue weighted by Gasteiger charge is 2.25. The molecule has 10 heteroatoms. The Morgan fingerprint density at radius 1 is 0.833 bits per heavy atom. The molecule has 0 saturated carbocycles. The maximum Gasteiger partial charge on any atom is 0.243 e. The standard InChI is InChI=1S/C32H62N8O2/c1-3-5-7-9-11-13-15-17-22-39-25-27(40(26-39)23-18-16-14-12-10-8-6-4-2)24-28(33)31(42)38-29(30(34)41)20-19-21-37-32(35)36/h25-26,28-29H,3-24,33H2,1-2H3,(H6-,34,35,36,37,38,41,42)/p+1/t28-,29-/m0/s1. The molecule has 2 atom stereocenters. The molecule has 2 amide bonds. The monoisotopic (exact) mass is 592 g/mol. The van der Waals surface area contributed by atoms with Crippen LogP contribution in [0.15, 0.2) is 17.5 Å². The van der Waals surface area contributed by atoms with E-state index >= 15 is 0 Å². The van der Waals surface area contributed by atoms with Crippen molar-refractivity contribution >= 4 is 17.8 Å². The van der Waals surface area contributed by atoms with Crippen molar-refractivity contribution in [2.45, 2.75) is 161 Å². The fourth-order valence-corrected chi connectivity index (χ4v) is 5.28. The van der Waals surface area contributed by atoms with Crippen molar-refractivity contribution in [1.29, 1.82) is 0 Å². The summed E-state index contributed by atoms with van der Waals surface area (Å²) in [7, 11) is 0. The van der Waals surface area contributed by atoms with Crippen molar-refractivity contribution < 1.29 is 14.2 Å². The SMILES string of the molecule is CCCCCCCCCCn1c[n+](CCCCCCCCCC)cc1C[C@H](N)C(=O)N[C@@H](CCCN=C(N)N)C(N)=O. The van der Waals surface area contributed by atoms with Crippen LogP contribution in [0, 0.1) is 0 Å². The number of aryl methyl sites for hydroxylation is 2. The molecule has 242 valence electrons. The highest BCUT2D eigenvalue weighted by Crippen LogP contribution is 2.12. The lowest BCUT2D eigenvalue weighted by molar-refractivity contribution is -0.697. The van der Waals surface area contributed by atoms with Crippen LogP contribution in [0.4, 0.5) is 0 Å². The van der Waals surface area contributed by atoms with Gasteiger partial charge in [0.25, 0.3) is 0 Å². The van der Waals surface area contributed by atoms with Crippen LogP contribution in [0.3, 0.4) is 0 Å². The molecule has 9 N–H and O–H groups in total. The number of carbonyl (C=O) groups is 2. The van der Waals surface area contributed by atoms with E-state index in [-0.39, 0.29) is 11.9 Å². The zero-order valence-electron chi connectivity index (χ0n) is 26.8. The van der Waals surface area contributed by atoms with Gasteiger partial charge in [0.2, 0.25) is 18.1 Å². The van der Waals surface area contributed by atoms with Gasteiger partial charge >= 0.3 is 0 Å². The Morgan fingerprint density at radius 2 is 1.38 bits per heavy atom. The second-order valence-corrected chi connectivity index (χ2v) is 11.8. The van der Waals surface area contributed by atoms with Crippen molar-refractivity contribution in [3.63, 3.8) is 0 Å². The fraction of sp³-hybridized carbons (Fsp3) is 0.812. The maximum atomic E-state index is 12.9. The number of hydrogen-bond donors (Lipinski definition) is 5. The van der Waals surface area contributed by atoms with Crippen LogP contribution < -0.4 is 32.8 Å². The van der Waals surface area contributed by atoms with Crippen molar-refractivity contribution in [2.24, 2.45) is 27.9 Å². The molecule has 10 nitrogen and oxygen atoms in total. The van der Waals surface area contributed by atoms with E-state index in [0.717, 1.165) is 31.6 Å². The first-order valence-corrected chi connectivity index (χ1v) is 16.8. The Balaban J connectivity index is 2.69. The number of primary amides is 1. The number of unbranched alkanes of at least 4 members (excludes halogenated alkanes) is 14. The summed E-state index contributed by atoms with van der Waals surface area (Å²) in [5.74, 6) is -0.983. The molecule has 0 aromatic carbocycles. The number of imidazole rings is 1. The second-order valence-electron chi connectivity index (χ2n) is 11.8. The highest BCUT2D eigenvalue weighted by molar-refractivity contribution is 5.89. The molecule has 1 heterocycles. The number of nitrogens with two attached hydrogens (primary N) is 4. The first-order chi connectivity index (χ1) is 20.3. The first kappa shape index (κ1) is 37.4. The quantitative estimate of drug-likeness (QED) is 0.0450. The summed E-state index contributed by atoms with van der Waals surface area (Å²) in [6, 6.07) is -1.60. The number of aliphatic imine (C=N–C) groups is 1. The lowest BCUT2D eigenvalue weighted by Gasteiger charge is -2.18. The molecule has 0 radical (unpaired) electrons. The Labute approximate surface area is 255 Å². The van der Waals surface area contributed by atoms with E-state index in [1.54, 1.807) is 0 Å². The van der Waals surface area contributed by atoms with Gasteiger partial charge in [-0.3, -0.25) is 14.6 Å². The number of nitrogens with zero attached hydrogens (tertiary/aromatic N) is 3. The lowest BCUT2D eigenvalue weighted by Crippen LogP contribution is -2.51. The van der Waals surface area contributed by atoms with Gasteiger partial charge in [-0.05, 0) is 38.5 Å². The van der Waals surface area contributed by atoms with Crippen LogP contribution in [-0.4, -0.2) is 41.0 Å². The summed E-state index contributed by atoms with van der Waals surface area (Å²) < 4.78 is 4.51. The van der Waals surface area contributed by atoms with Gasteiger partial charge in [0.15, 0.2) is 5.96 Å². The summed E-state index contributed by atoms with van der Waals surface area (Å²) in [4.78, 5) is 28.8. The summed E-state index contributed by atoms with van der Waals surface area (Å²) >= 11 is 0. The zero-order chi connectivity index (χ0) is 31.0. The molecule has 0 fully saturated rings. The van der Waals surface area contributed by atoms with E-state index in [1.165, 1.54) is 89.9 Å². The third-order valence-corrected chi connectivity index (χ3v) is 7.86. The minimum absolute atomic E-state index is 0.00805. The topological polar surface area (TPSA) is 171 Å². The smallest absolute Gasteiger partial charge is 0.243 e. The van der Waals surface area contributed by atoms with Crippen LogP contribution in [0.1, 0.15) is 135 Å². The van der Waals surface area contributed by atoms with Crippen molar-refractivity contribution in [1.82, 2.24) is 9.88 Å². The number of aromatic nitrogens is 2. The molecule has 0 aliphatic carbocycles. The van der Waals surface area contributed by atoms with E-state index in [2.05, 4.69) is 45.8 Å². The van der Waals surface area contributed by atoms with Gasteiger partial charge in [0.1, 0.15) is 17.9 Å². The molecule has 42 heavy (non-hydrogen) atoms. The zero-order valence-corrected chi connectivity index (χ0v) is 26.8. The first-order valence-electron chi connectivity index (χ1n) is 16.8. The van der Waals surface area contributed by atoms with Crippen LogP contribution in [0.5, 0.6) is 0 Å². The van der Waals surface area contributed by atoms with Gasteiger partial charge in [-0.1, -0.05) is 90.9 Å². The molecule has 0 bridgehead atoms. The minimum Gasteiger partial charge on any atom is -0.370 e. The number of rotatable bonds is 27. The molecule has 1 aromatic heterocycles. The van der Waals surface area contributed by atoms with Gasteiger partial charge in [-0.15, -0.1) is 0 Å². The number of guanidine groups is 1. The van der Waals surface area contributed by atoms with Crippen molar-refractivity contribution in [3.8, 4) is 0 Å². The van der Waals surface area contributed by atoms with E-state index in [1.807, 2.05) is 0 Å². The van der Waals surface area contributed by atoms with E-state index in [9.17, 15) is 9.59 Å². The Bertz CT molecular complexity index is 882. The van der Waals surface area contributed by atoms with Crippen LogP contribution >= 0.6 is 0 Å². The molecule has 0 aliphatic rings. The van der Waals surface area contributed by atoms with Gasteiger partial charge in [0, 0.05) is 13.0 Å². The fourth-order valence-electron chi connectivity index (χ4n) is 5.28.